The summed E-state index contributed by atoms with van der Waals surface area (Å²) in [6.07, 6.45) is 12.6. The Morgan fingerprint density at radius 2 is 1.86 bits per heavy atom. The van der Waals surface area contributed by atoms with Gasteiger partial charge in [-0.2, -0.15) is 0 Å². The Morgan fingerprint density at radius 1 is 1.14 bits per heavy atom. The van der Waals surface area contributed by atoms with Crippen molar-refractivity contribution in [3.05, 3.63) is 35.5 Å². The fourth-order valence-electron chi connectivity index (χ4n) is 7.45. The third kappa shape index (κ3) is 5.90. The third-order valence-electron chi connectivity index (χ3n) is 9.24. The molecule has 0 bridgehead atoms. The molecule has 0 aromatic carbocycles. The maximum absolute atomic E-state index is 12.2. The van der Waals surface area contributed by atoms with Crippen LogP contribution in [0.3, 0.4) is 0 Å². The monoisotopic (exact) mass is 608 g/mol. The predicted octanol–water partition coefficient (Wildman–Crippen LogP) is 0.826. The zero-order valence-electron chi connectivity index (χ0n) is 21.7. The van der Waals surface area contributed by atoms with Crippen LogP contribution in [0.15, 0.2) is 35.5 Å². The van der Waals surface area contributed by atoms with E-state index in [0.29, 0.717) is 30.6 Å². The van der Waals surface area contributed by atoms with Gasteiger partial charge in [0.15, 0.2) is 0 Å². The van der Waals surface area contributed by atoms with E-state index in [9.17, 15) is 18.9 Å². The Morgan fingerprint density at radius 3 is 2.51 bits per heavy atom. The number of rotatable bonds is 5. The van der Waals surface area contributed by atoms with E-state index < -0.39 is 29.9 Å². The van der Waals surface area contributed by atoms with E-state index in [1.165, 1.54) is 17.6 Å². The summed E-state index contributed by atoms with van der Waals surface area (Å²) in [5, 5.41) is 10.1. The van der Waals surface area contributed by atoms with Gasteiger partial charge in [-0.05, 0) is 19.3 Å². The van der Waals surface area contributed by atoms with E-state index in [1.54, 1.807) is 13.8 Å². The summed E-state index contributed by atoms with van der Waals surface area (Å²) in [4.78, 5) is 0. The molecule has 35 heavy (non-hydrogen) atoms. The molecular weight excluding hydrogens is 563 g/mol. The Labute approximate surface area is 211 Å². The van der Waals surface area contributed by atoms with Crippen LogP contribution in [0, 0.1) is 23.2 Å². The Balaban J connectivity index is 1.44. The van der Waals surface area contributed by atoms with Gasteiger partial charge in [-0.3, -0.25) is 0 Å². The Bertz CT molecular complexity index is 930. The van der Waals surface area contributed by atoms with Crippen molar-refractivity contribution in [3.8, 4) is 0 Å². The standard InChI is InChI=1S/C27H45IO7/c1-18-8-12-22(29)17-21(18)11-10-20-7-6-16-27(5)23(13-14-24(20)27)19(2)9-15-25-26(3,4)35-28(30,31,32,33)34-25/h10-11,19,22-25,29-32H,1,6-9,12-17H2,2-5H3/b20-10+,21-11-/t19-,22+,23-,24+,25-,27-/m1/s1. The van der Waals surface area contributed by atoms with Crippen LogP contribution in [-0.4, -0.2) is 33.2 Å². The van der Waals surface area contributed by atoms with Crippen molar-refractivity contribution in [2.24, 2.45) is 23.2 Å². The van der Waals surface area contributed by atoms with Gasteiger partial charge in [-0.15, -0.1) is 0 Å². The van der Waals surface area contributed by atoms with Crippen LogP contribution < -0.4 is 21.6 Å². The van der Waals surface area contributed by atoms with Crippen molar-refractivity contribution in [1.29, 1.82) is 0 Å². The molecule has 3 saturated carbocycles. The molecule has 3 aliphatic carbocycles. The van der Waals surface area contributed by atoms with E-state index in [4.69, 9.17) is 6.13 Å². The van der Waals surface area contributed by atoms with Crippen molar-refractivity contribution in [2.75, 3.05) is 0 Å². The normalized spacial score (nSPS) is 44.8. The van der Waals surface area contributed by atoms with Crippen LogP contribution in [-0.2, 0) is 6.13 Å². The Hall–Kier alpha value is -0.330. The van der Waals surface area contributed by atoms with Gasteiger partial charge in [0.1, 0.15) is 0 Å². The average Bonchev–Trinajstić information content (AvgIpc) is 3.14. The zero-order chi connectivity index (χ0) is 25.9. The topological polar surface area (TPSA) is 122 Å². The number of halogens is 1. The van der Waals surface area contributed by atoms with Gasteiger partial charge in [-0.1, -0.05) is 12.2 Å². The first kappa shape index (κ1) is 27.7. The molecule has 4 N–H and O–H groups in total. The molecule has 0 aromatic rings. The van der Waals surface area contributed by atoms with Crippen molar-refractivity contribution < 1.29 is 43.1 Å². The molecule has 4 fully saturated rings. The molecule has 4 rings (SSSR count). The first-order valence-electron chi connectivity index (χ1n) is 13.1. The number of hydrogen-bond acceptors (Lipinski definition) is 7. The van der Waals surface area contributed by atoms with Gasteiger partial charge in [-0.25, -0.2) is 0 Å². The number of aliphatic hydroxyl groups is 1. The van der Waals surface area contributed by atoms with Crippen molar-refractivity contribution >= 4 is 0 Å². The van der Waals surface area contributed by atoms with Crippen LogP contribution in [0.25, 0.3) is 0 Å². The van der Waals surface area contributed by atoms with E-state index in [-0.39, 0.29) is 11.5 Å². The van der Waals surface area contributed by atoms with Crippen molar-refractivity contribution in [2.45, 2.75) is 110 Å². The molecule has 0 radical (unpaired) electrons. The molecule has 0 aromatic heterocycles. The molecule has 1 aliphatic heterocycles. The first-order valence-corrected chi connectivity index (χ1v) is 18.6. The molecule has 1 saturated heterocycles. The molecule has 0 unspecified atom stereocenters. The molecule has 8 heteroatoms. The van der Waals surface area contributed by atoms with Crippen LogP contribution in [0.2, 0.25) is 0 Å². The van der Waals surface area contributed by atoms with Gasteiger partial charge in [0.05, 0.1) is 6.10 Å². The summed E-state index contributed by atoms with van der Waals surface area (Å²) in [6, 6.07) is 0. The summed E-state index contributed by atoms with van der Waals surface area (Å²) in [7, 11) is 0. The molecule has 6 atom stereocenters. The van der Waals surface area contributed by atoms with Crippen LogP contribution in [0.5, 0.6) is 0 Å². The van der Waals surface area contributed by atoms with E-state index in [1.807, 2.05) is 0 Å². The summed E-state index contributed by atoms with van der Waals surface area (Å²) >= 11 is -7.95. The molecule has 7 nitrogen and oxygen atoms in total. The zero-order valence-corrected chi connectivity index (χ0v) is 23.9. The van der Waals surface area contributed by atoms with Gasteiger partial charge in [0.25, 0.3) is 0 Å². The third-order valence-corrected chi connectivity index (χ3v) is 13.0. The first-order chi connectivity index (χ1) is 15.9. The van der Waals surface area contributed by atoms with Crippen LogP contribution in [0.4, 0.5) is 0 Å². The van der Waals surface area contributed by atoms with E-state index in [2.05, 4.69) is 32.6 Å². The second kappa shape index (κ2) is 8.59. The molecule has 1 heterocycles. The maximum atomic E-state index is 12.2. The van der Waals surface area contributed by atoms with Crippen molar-refractivity contribution in [3.63, 3.8) is 0 Å². The molecule has 0 spiro atoms. The average molecular weight is 609 g/mol. The van der Waals surface area contributed by atoms with Crippen LogP contribution in [0.1, 0.15) is 91.9 Å². The summed E-state index contributed by atoms with van der Waals surface area (Å²) in [5.74, 6) is 1.40. The van der Waals surface area contributed by atoms with E-state index >= 15 is 0 Å². The number of fused-ring (bicyclic) bond motifs is 1. The summed E-state index contributed by atoms with van der Waals surface area (Å²) in [5.41, 5.74) is 2.76. The molecular formula is C27H45IO7. The minimum atomic E-state index is -7.95. The second-order valence-corrected chi connectivity index (χ2v) is 19.2. The van der Waals surface area contributed by atoms with Gasteiger partial charge >= 0.3 is 169 Å². The summed E-state index contributed by atoms with van der Waals surface area (Å²) < 4.78 is 51.6. The quantitative estimate of drug-likeness (QED) is 0.341. The fraction of sp³-hybridized carbons (Fsp3) is 0.778. The fourth-order valence-corrected chi connectivity index (χ4v) is 12.5. The number of aliphatic hydroxyl groups excluding tert-OH is 1. The molecule has 0 amide bonds. The van der Waals surface area contributed by atoms with Gasteiger partial charge in [0.2, 0.25) is 0 Å². The Kier molecular flexibility index (Phi) is 6.80. The minimum absolute atomic E-state index is 0.195. The van der Waals surface area contributed by atoms with E-state index in [0.717, 1.165) is 50.5 Å². The van der Waals surface area contributed by atoms with Crippen molar-refractivity contribution in [1.82, 2.24) is 0 Å². The molecule has 4 aliphatic rings. The molecule has 202 valence electrons. The van der Waals surface area contributed by atoms with Gasteiger partial charge in [0, 0.05) is 0 Å². The van der Waals surface area contributed by atoms with Crippen LogP contribution >= 0.6 is 0 Å². The number of allylic oxidation sites excluding steroid dienone is 4. The number of hydrogen-bond donors (Lipinski definition) is 4. The SMILES string of the molecule is C=C1CC[C@H](O)C/C1=C/C=C1\CCC[C@]2(C)[C@@H]([C@H](C)CC[C@H]3O[I+]([O-])(O)(O)(O)OC3(C)C)CC[C@@H]12. The van der Waals surface area contributed by atoms with Gasteiger partial charge < -0.3 is 5.11 Å². The second-order valence-electron chi connectivity index (χ2n) is 12.4. The predicted molar refractivity (Wildman–Crippen MR) is 128 cm³/mol. The summed E-state index contributed by atoms with van der Waals surface area (Å²) in [6.45, 7) is 12.0.